The minimum absolute atomic E-state index is 0.0912. The number of methoxy groups -OCH3 is 1. The van der Waals surface area contributed by atoms with Crippen molar-refractivity contribution in [3.05, 3.63) is 153 Å². The molecule has 0 fully saturated rings. The number of rotatable bonds is 9. The smallest absolute Gasteiger partial charge is 0.376 e. The highest BCUT2D eigenvalue weighted by atomic mass is 79.9. The van der Waals surface area contributed by atoms with Crippen LogP contribution >= 0.6 is 39.1 Å². The number of allylic oxidation sites excluding steroid dienone is 2. The van der Waals surface area contributed by atoms with Gasteiger partial charge >= 0.3 is 5.97 Å². The van der Waals surface area contributed by atoms with E-state index in [2.05, 4.69) is 216 Å². The molecule has 0 radical (unpaired) electrons. The molecule has 0 saturated heterocycles. The Morgan fingerprint density at radius 1 is 0.523 bits per heavy atom. The van der Waals surface area contributed by atoms with E-state index in [0.29, 0.717) is 11.8 Å². The number of ether oxygens (including phenoxy) is 1. The van der Waals surface area contributed by atoms with Gasteiger partial charge in [-0.25, -0.2) is 64.6 Å². The number of esters is 1. The van der Waals surface area contributed by atoms with E-state index < -0.39 is 11.4 Å². The average Bonchev–Trinajstić information content (AvgIpc) is 3.75. The van der Waals surface area contributed by atoms with Gasteiger partial charge in [-0.3, -0.25) is 9.79 Å². The van der Waals surface area contributed by atoms with Gasteiger partial charge in [0.25, 0.3) is 0 Å². The first-order valence-corrected chi connectivity index (χ1v) is 30.4. The van der Waals surface area contributed by atoms with Crippen molar-refractivity contribution in [3.8, 4) is 6.07 Å². The van der Waals surface area contributed by atoms with Gasteiger partial charge in [-0.05, 0) is 132 Å². The number of hydrogen-bond acceptors (Lipinski definition) is 18. The molecule has 1 aliphatic rings. The van der Waals surface area contributed by atoms with Crippen LogP contribution in [-0.2, 0) is 41.6 Å². The zero-order chi connectivity index (χ0) is 67.1. The minimum atomic E-state index is -0.528. The molecule has 21 heteroatoms. The van der Waals surface area contributed by atoms with E-state index in [0.717, 1.165) is 75.9 Å². The Labute approximate surface area is 542 Å². The Morgan fingerprint density at radius 2 is 0.841 bits per heavy atom. The predicted octanol–water partition coefficient (Wildman–Crippen LogP) is 15.9. The van der Waals surface area contributed by atoms with Crippen LogP contribution < -0.4 is 0 Å². The highest BCUT2D eigenvalue weighted by molar-refractivity contribution is 9.10. The number of hydrogen-bond donors (Lipinski definition) is 1. The quantitative estimate of drug-likeness (QED) is 0.0611. The number of nitriles is 1. The fourth-order valence-corrected chi connectivity index (χ4v) is 7.95. The maximum absolute atomic E-state index is 11.8. The van der Waals surface area contributed by atoms with Crippen molar-refractivity contribution in [2.24, 2.45) is 42.9 Å². The summed E-state index contributed by atoms with van der Waals surface area (Å²) in [5, 5.41) is 19.0. The first-order chi connectivity index (χ1) is 40.3. The van der Waals surface area contributed by atoms with E-state index in [1.807, 2.05) is 18.5 Å². The van der Waals surface area contributed by atoms with Crippen molar-refractivity contribution in [1.29, 1.82) is 5.26 Å². The van der Waals surface area contributed by atoms with Crippen molar-refractivity contribution in [2.45, 2.75) is 178 Å². The molecule has 88 heavy (non-hydrogen) atoms. The molecule has 0 atom stereocenters. The number of carbonyl (C=O) groups excluding carboxylic acids is 2. The van der Waals surface area contributed by atoms with Crippen LogP contribution in [0.3, 0.4) is 0 Å². The molecule has 0 aliphatic carbocycles. The second-order valence-corrected chi connectivity index (χ2v) is 30.8. The van der Waals surface area contributed by atoms with E-state index in [1.165, 1.54) is 18.7 Å². The van der Waals surface area contributed by atoms with Gasteiger partial charge in [0, 0.05) is 103 Å². The molecule has 0 amide bonds. The lowest BCUT2D eigenvalue weighted by molar-refractivity contribution is -0.121. The molecule has 0 aromatic carbocycles. The number of aliphatic imine (C=N–C) groups is 1. The number of aliphatic hydroxyl groups is 1. The Balaban J connectivity index is 0.000000368. The maximum Gasteiger partial charge on any atom is 0.376 e. The summed E-state index contributed by atoms with van der Waals surface area (Å²) in [5.41, 5.74) is 8.37. The molecule has 1 aliphatic heterocycles. The van der Waals surface area contributed by atoms with Crippen LogP contribution in [0.4, 0.5) is 0 Å². The molecule has 476 valence electrons. The topological polar surface area (TPSA) is 254 Å². The molecule has 0 spiro atoms. The molecule has 18 nitrogen and oxygen atoms in total. The van der Waals surface area contributed by atoms with Gasteiger partial charge in [0.15, 0.2) is 23.2 Å². The second-order valence-electron chi connectivity index (χ2n) is 29.2. The van der Waals surface area contributed by atoms with Crippen LogP contribution in [0.2, 0.25) is 10.6 Å². The van der Waals surface area contributed by atoms with Gasteiger partial charge < -0.3 is 9.84 Å². The Morgan fingerprint density at radius 3 is 1.14 bits per heavy atom. The second kappa shape index (κ2) is 34.2. The lowest BCUT2D eigenvalue weighted by Crippen LogP contribution is -2.18. The molecule has 0 bridgehead atoms. The molecule has 6 aromatic rings. The summed E-state index contributed by atoms with van der Waals surface area (Å²) >= 11 is 14.1. The van der Waals surface area contributed by atoms with Gasteiger partial charge in [-0.15, -0.1) is 0 Å². The van der Waals surface area contributed by atoms with E-state index >= 15 is 0 Å². The number of carbonyl (C=O) groups is 2. The SMILES string of the molecule is CC(C)(C)Cc1cnc(C#N)nc1.CC(C)(C)Cc1cnc(C(O)=CC(=O)C(C)(C)C)nc1.CC(C)(C)Cc1cnc(C2=CC(C(C)(C)C)=NC2)nc1.CC(C)(C)Cc1cnc(Cl)nc1.COC(=O)c1ncc(CC(C)(C)C)cn1.Clc1ncc(Br)cn1. The standard InChI is InChI=1S/C17H25N3.C16H24N2O2.C11H16N2O2.C10H13N3.C9H13ClN2.C4H2BrClN2/c1-16(2,3)8-12-9-19-15(20-10-12)13-7-14(18-11-13)17(4,5)6;1-15(2,3)8-11-9-17-14(18-10-11)12(19)7-13(20)16(4,5)6;1-11(2,3)5-8-6-12-9(13-7-8)10(14)15-4;1-10(2,3)4-8-6-12-9(5-11)13-7-8;1-9(2,3)4-7-5-11-8(10)12-6-7;5-3-1-7-4(6)8-2-3/h7,9-10H,8,11H2,1-6H3;7,9-10,19H,8H2,1-6H3;6-7H,5H2,1-4H3;6-7H,4H2,1-3H3;5-6H,4H2,1-3H3;1-2H. The maximum atomic E-state index is 11.8. The number of aliphatic hydroxyl groups excluding tert-OH is 1. The van der Waals surface area contributed by atoms with Gasteiger partial charge in [0.1, 0.15) is 6.07 Å². The van der Waals surface area contributed by atoms with Crippen LogP contribution in [0.5, 0.6) is 0 Å². The molecule has 0 saturated carbocycles. The lowest BCUT2D eigenvalue weighted by Gasteiger charge is -2.17. The van der Waals surface area contributed by atoms with E-state index in [-0.39, 0.29) is 66.8 Å². The van der Waals surface area contributed by atoms with E-state index in [9.17, 15) is 14.7 Å². The van der Waals surface area contributed by atoms with Gasteiger partial charge in [-0.1, -0.05) is 145 Å². The molecule has 1 N–H and O–H groups in total. The fourth-order valence-electron chi connectivity index (χ4n) is 7.55. The third-order valence-corrected chi connectivity index (χ3v) is 12.0. The highest BCUT2D eigenvalue weighted by Crippen LogP contribution is 2.28. The Kier molecular flexibility index (Phi) is 30.0. The summed E-state index contributed by atoms with van der Waals surface area (Å²) in [7, 11) is 1.31. The number of aromatic nitrogens is 12. The van der Waals surface area contributed by atoms with Crippen molar-refractivity contribution in [1.82, 2.24) is 59.8 Å². The first-order valence-electron chi connectivity index (χ1n) is 28.9. The highest BCUT2D eigenvalue weighted by Gasteiger charge is 2.24. The number of ketones is 1. The summed E-state index contributed by atoms with van der Waals surface area (Å²) in [6.07, 6.45) is 28.8. The summed E-state index contributed by atoms with van der Waals surface area (Å²) in [4.78, 5) is 75.6. The van der Waals surface area contributed by atoms with Crippen molar-refractivity contribution >= 4 is 67.9 Å². The monoisotopic (exact) mass is 1310 g/mol. The minimum Gasteiger partial charge on any atom is -0.504 e. The van der Waals surface area contributed by atoms with E-state index in [4.69, 9.17) is 28.5 Å². The third kappa shape index (κ3) is 34.0. The van der Waals surface area contributed by atoms with Gasteiger partial charge in [-0.2, -0.15) is 5.26 Å². The molecule has 6 aromatic heterocycles. The Bertz CT molecular complexity index is 3160. The number of nitrogens with zero attached hydrogens (tertiary/aromatic N) is 14. The van der Waals surface area contributed by atoms with Crippen molar-refractivity contribution in [3.63, 3.8) is 0 Å². The van der Waals surface area contributed by atoms with Gasteiger partial charge in [0.05, 0.1) is 18.1 Å². The molecule has 7 heterocycles. The van der Waals surface area contributed by atoms with Gasteiger partial charge in [0.2, 0.25) is 22.2 Å². The zero-order valence-corrected chi connectivity index (χ0v) is 59.0. The lowest BCUT2D eigenvalue weighted by atomic mass is 9.89. The summed E-state index contributed by atoms with van der Waals surface area (Å²) in [5.74, 6) is 0.487. The van der Waals surface area contributed by atoms with Crippen LogP contribution in [0, 0.1) is 49.2 Å². The van der Waals surface area contributed by atoms with Crippen molar-refractivity contribution in [2.75, 3.05) is 13.7 Å². The molecule has 7 rings (SSSR count). The predicted molar refractivity (Wildman–Crippen MR) is 357 cm³/mol. The van der Waals surface area contributed by atoms with Crippen LogP contribution in [0.1, 0.15) is 201 Å². The summed E-state index contributed by atoms with van der Waals surface area (Å²) < 4.78 is 5.35. The number of halogens is 3. The van der Waals surface area contributed by atoms with Crippen molar-refractivity contribution < 1.29 is 19.4 Å². The average molecular weight is 1310 g/mol. The largest absolute Gasteiger partial charge is 0.504 e. The van der Waals surface area contributed by atoms with E-state index in [1.54, 1.807) is 82.7 Å². The Hall–Kier alpha value is -6.88. The summed E-state index contributed by atoms with van der Waals surface area (Å²) in [6, 6.07) is 1.89. The first kappa shape index (κ1) is 77.2. The molecular formula is C67H93BrCl2N14O4. The molecular weight excluding hydrogens is 1220 g/mol. The third-order valence-electron chi connectivity index (χ3n) is 11.2. The van der Waals surface area contributed by atoms with Crippen LogP contribution in [0.15, 0.2) is 96.0 Å². The fraction of sp³-hybridized carbons (Fsp3) is 0.522. The van der Waals surface area contributed by atoms with Crippen LogP contribution in [-0.4, -0.2) is 96.0 Å². The normalized spacial score (nSPS) is 12.7. The zero-order valence-electron chi connectivity index (χ0n) is 55.9. The molecule has 0 unspecified atom stereocenters. The summed E-state index contributed by atoms with van der Waals surface area (Å²) in [6.45, 7) is 45.2. The van der Waals surface area contributed by atoms with Crippen LogP contribution in [0.25, 0.3) is 11.3 Å².